The zero-order valence-electron chi connectivity index (χ0n) is 15.5. The summed E-state index contributed by atoms with van der Waals surface area (Å²) in [4.78, 5) is 16.3. The maximum Gasteiger partial charge on any atom is 0.138 e. The zero-order chi connectivity index (χ0) is 20.1. The van der Waals surface area contributed by atoms with Gasteiger partial charge in [0.1, 0.15) is 17.1 Å². The van der Waals surface area contributed by atoms with E-state index in [4.69, 9.17) is 4.42 Å². The predicted molar refractivity (Wildman–Crippen MR) is 112 cm³/mol. The van der Waals surface area contributed by atoms with Crippen molar-refractivity contribution >= 4 is 21.9 Å². The highest BCUT2D eigenvalue weighted by Crippen LogP contribution is 2.34. The highest BCUT2D eigenvalue weighted by molar-refractivity contribution is 6.00. The summed E-state index contributed by atoms with van der Waals surface area (Å²) in [7, 11) is 0. The Hall–Kier alpha value is -4.46. The summed E-state index contributed by atoms with van der Waals surface area (Å²) >= 11 is 0. The second kappa shape index (κ2) is 6.28. The Balaban J connectivity index is 1.52. The monoisotopic (exact) mass is 394 g/mol. The molecule has 3 N–H and O–H groups in total. The molecule has 0 saturated heterocycles. The van der Waals surface area contributed by atoms with Crippen LogP contribution in [0.15, 0.2) is 72.1 Å². The van der Waals surface area contributed by atoms with Crippen LogP contribution in [-0.4, -0.2) is 35.2 Å². The maximum absolute atomic E-state index is 9.74. The summed E-state index contributed by atoms with van der Waals surface area (Å²) in [6.45, 7) is 0. The van der Waals surface area contributed by atoms with Crippen LogP contribution in [0.2, 0.25) is 0 Å². The van der Waals surface area contributed by atoms with E-state index in [-0.39, 0.29) is 5.75 Å². The van der Waals surface area contributed by atoms with E-state index in [0.29, 0.717) is 5.69 Å². The van der Waals surface area contributed by atoms with Gasteiger partial charge >= 0.3 is 0 Å². The smallest absolute Gasteiger partial charge is 0.138 e. The number of nitrogens with one attached hydrogen (secondary N) is 2. The minimum absolute atomic E-state index is 0.0929. The number of aromatic hydroxyl groups is 1. The Morgan fingerprint density at radius 1 is 0.933 bits per heavy atom. The molecule has 6 heterocycles. The number of hydrogen-bond acceptors (Lipinski definition) is 6. The fourth-order valence-corrected chi connectivity index (χ4v) is 3.67. The Bertz CT molecular complexity index is 1510. The van der Waals surface area contributed by atoms with Gasteiger partial charge in [0.2, 0.25) is 0 Å². The number of furan rings is 1. The predicted octanol–water partition coefficient (Wildman–Crippen LogP) is 4.53. The zero-order valence-corrected chi connectivity index (χ0v) is 15.5. The van der Waals surface area contributed by atoms with Gasteiger partial charge in [-0.25, -0.2) is 4.98 Å². The molecule has 0 bridgehead atoms. The van der Waals surface area contributed by atoms with Crippen LogP contribution in [0.5, 0.6) is 5.75 Å². The lowest BCUT2D eigenvalue weighted by atomic mass is 10.1. The van der Waals surface area contributed by atoms with Gasteiger partial charge in [0, 0.05) is 34.3 Å². The average molecular weight is 394 g/mol. The molecule has 0 aliphatic heterocycles. The first-order valence-electron chi connectivity index (χ1n) is 9.25. The molecule has 0 aliphatic carbocycles. The average Bonchev–Trinajstić information content (AvgIpc) is 3.51. The third-order valence-electron chi connectivity index (χ3n) is 5.09. The number of H-pyrrole nitrogens is 2. The molecule has 144 valence electrons. The van der Waals surface area contributed by atoms with E-state index < -0.39 is 0 Å². The summed E-state index contributed by atoms with van der Waals surface area (Å²) < 4.78 is 5.24. The van der Waals surface area contributed by atoms with Gasteiger partial charge < -0.3 is 14.5 Å². The van der Waals surface area contributed by atoms with Crippen LogP contribution in [0, 0.1) is 0 Å². The molecule has 30 heavy (non-hydrogen) atoms. The topological polar surface area (TPSA) is 117 Å². The van der Waals surface area contributed by atoms with Crippen LogP contribution < -0.4 is 0 Å². The summed E-state index contributed by atoms with van der Waals surface area (Å²) in [5, 5.41) is 19.2. The molecule has 8 nitrogen and oxygen atoms in total. The minimum Gasteiger partial charge on any atom is -0.506 e. The van der Waals surface area contributed by atoms with Crippen LogP contribution in [-0.2, 0) is 0 Å². The number of hydrogen-bond donors (Lipinski definition) is 3. The van der Waals surface area contributed by atoms with Gasteiger partial charge in [0.05, 0.1) is 41.8 Å². The molecule has 0 unspecified atom stereocenters. The van der Waals surface area contributed by atoms with Crippen molar-refractivity contribution in [2.24, 2.45) is 0 Å². The SMILES string of the molecule is Oc1cncc(-c2cc3c(-c4cc5c(-c6ccoc6)ccnc5[nH]4)n[nH]c3cn2)c1. The van der Waals surface area contributed by atoms with Gasteiger partial charge in [-0.1, -0.05) is 0 Å². The Morgan fingerprint density at radius 3 is 2.77 bits per heavy atom. The number of pyridine rings is 3. The molecular formula is C22H14N6O2. The fourth-order valence-electron chi connectivity index (χ4n) is 3.67. The van der Waals surface area contributed by atoms with Gasteiger partial charge in [0.25, 0.3) is 0 Å². The second-order valence-electron chi connectivity index (χ2n) is 6.93. The lowest BCUT2D eigenvalue weighted by Crippen LogP contribution is -1.85. The van der Waals surface area contributed by atoms with Crippen molar-refractivity contribution in [3.05, 3.63) is 67.6 Å². The lowest BCUT2D eigenvalue weighted by molar-refractivity contribution is 0.473. The Labute approximate surface area is 169 Å². The number of aromatic amines is 2. The van der Waals surface area contributed by atoms with E-state index in [2.05, 4.69) is 30.1 Å². The van der Waals surface area contributed by atoms with Crippen molar-refractivity contribution in [3.8, 4) is 39.5 Å². The molecule has 6 rings (SSSR count). The van der Waals surface area contributed by atoms with Gasteiger partial charge in [0.15, 0.2) is 0 Å². The first-order valence-corrected chi connectivity index (χ1v) is 9.25. The van der Waals surface area contributed by atoms with E-state index >= 15 is 0 Å². The highest BCUT2D eigenvalue weighted by atomic mass is 16.3. The first kappa shape index (κ1) is 16.5. The minimum atomic E-state index is 0.0929. The molecular weight excluding hydrogens is 380 g/mol. The molecule has 8 heteroatoms. The van der Waals surface area contributed by atoms with E-state index in [1.165, 1.54) is 6.20 Å². The molecule has 0 fully saturated rings. The van der Waals surface area contributed by atoms with Crippen LogP contribution in [0.3, 0.4) is 0 Å². The molecule has 0 atom stereocenters. The highest BCUT2D eigenvalue weighted by Gasteiger charge is 2.15. The standard InChI is InChI=1S/C22H14N6O2/c29-14-5-13(8-23-9-14)18-7-17-20(10-25-18)27-28-21(17)19-6-16-15(12-2-4-30-11-12)1-3-24-22(16)26-19/h1-11,29H,(H,24,26)(H,27,28). The number of nitrogens with zero attached hydrogens (tertiary/aromatic N) is 4. The Morgan fingerprint density at radius 2 is 1.90 bits per heavy atom. The van der Waals surface area contributed by atoms with Crippen LogP contribution in [0.25, 0.3) is 55.7 Å². The molecule has 0 radical (unpaired) electrons. The van der Waals surface area contributed by atoms with Crippen molar-refractivity contribution in [2.75, 3.05) is 0 Å². The van der Waals surface area contributed by atoms with Gasteiger partial charge in [-0.3, -0.25) is 15.1 Å². The molecule has 0 aliphatic rings. The van der Waals surface area contributed by atoms with Gasteiger partial charge in [-0.2, -0.15) is 5.10 Å². The third-order valence-corrected chi connectivity index (χ3v) is 5.09. The van der Waals surface area contributed by atoms with Gasteiger partial charge in [-0.15, -0.1) is 0 Å². The number of rotatable bonds is 3. The molecule has 6 aromatic rings. The van der Waals surface area contributed by atoms with E-state index in [9.17, 15) is 5.11 Å². The number of fused-ring (bicyclic) bond motifs is 2. The van der Waals surface area contributed by atoms with Crippen molar-refractivity contribution in [2.45, 2.75) is 0 Å². The molecule has 0 spiro atoms. The number of aromatic nitrogens is 6. The largest absolute Gasteiger partial charge is 0.506 e. The molecule has 0 aromatic carbocycles. The van der Waals surface area contributed by atoms with Crippen molar-refractivity contribution in [1.82, 2.24) is 30.1 Å². The summed E-state index contributed by atoms with van der Waals surface area (Å²) in [5.41, 5.74) is 6.62. The summed E-state index contributed by atoms with van der Waals surface area (Å²) in [6, 6.07) is 9.48. The Kier molecular flexibility index (Phi) is 3.45. The summed E-state index contributed by atoms with van der Waals surface area (Å²) in [6.07, 6.45) is 9.92. The lowest BCUT2D eigenvalue weighted by Gasteiger charge is -2.01. The van der Waals surface area contributed by atoms with Crippen molar-refractivity contribution < 1.29 is 9.52 Å². The van der Waals surface area contributed by atoms with E-state index in [1.54, 1.807) is 37.2 Å². The molecule has 6 aromatic heterocycles. The van der Waals surface area contributed by atoms with Crippen LogP contribution >= 0.6 is 0 Å². The third kappa shape index (κ3) is 2.55. The van der Waals surface area contributed by atoms with Crippen LogP contribution in [0.4, 0.5) is 0 Å². The van der Waals surface area contributed by atoms with Crippen molar-refractivity contribution in [3.63, 3.8) is 0 Å². The molecule has 0 saturated carbocycles. The maximum atomic E-state index is 9.74. The van der Waals surface area contributed by atoms with Crippen LogP contribution in [0.1, 0.15) is 0 Å². The second-order valence-corrected chi connectivity index (χ2v) is 6.93. The normalized spacial score (nSPS) is 11.5. The quantitative estimate of drug-likeness (QED) is 0.406. The van der Waals surface area contributed by atoms with Crippen molar-refractivity contribution in [1.29, 1.82) is 0 Å². The van der Waals surface area contributed by atoms with E-state index in [0.717, 1.165) is 50.0 Å². The first-order chi connectivity index (χ1) is 14.8. The van der Waals surface area contributed by atoms with E-state index in [1.807, 2.05) is 24.3 Å². The fraction of sp³-hybridized carbons (Fsp3) is 0. The summed E-state index contributed by atoms with van der Waals surface area (Å²) in [5.74, 6) is 0.0929. The molecule has 0 amide bonds. The van der Waals surface area contributed by atoms with Gasteiger partial charge in [-0.05, 0) is 35.9 Å².